The molecule has 1 N–H and O–H groups in total. The van der Waals surface area contributed by atoms with Crippen LogP contribution in [0.3, 0.4) is 0 Å². The molecule has 10 heteroatoms. The molecule has 0 aliphatic heterocycles. The van der Waals surface area contributed by atoms with Crippen LogP contribution in [0.5, 0.6) is 0 Å². The van der Waals surface area contributed by atoms with Crippen LogP contribution in [-0.2, 0) is 30.8 Å². The van der Waals surface area contributed by atoms with Gasteiger partial charge in [-0.05, 0) is 31.5 Å². The number of amides is 1. The van der Waals surface area contributed by atoms with Gasteiger partial charge in [0.25, 0.3) is 5.91 Å². The molecule has 0 unspecified atom stereocenters. The van der Waals surface area contributed by atoms with E-state index in [1.54, 1.807) is 19.2 Å². The fourth-order valence-corrected chi connectivity index (χ4v) is 3.93. The van der Waals surface area contributed by atoms with Crippen LogP contribution >= 0.6 is 0 Å². The summed E-state index contributed by atoms with van der Waals surface area (Å²) in [5.41, 5.74) is 3.02. The lowest BCUT2D eigenvalue weighted by molar-refractivity contribution is -0.147. The molecule has 0 radical (unpaired) electrons. The Morgan fingerprint density at radius 2 is 1.79 bits per heavy atom. The summed E-state index contributed by atoms with van der Waals surface area (Å²) in [6, 6.07) is 12.2. The van der Waals surface area contributed by atoms with E-state index in [0.717, 1.165) is 15.4 Å². The molecule has 180 valence electrons. The van der Waals surface area contributed by atoms with Crippen molar-refractivity contribution < 1.29 is 27.2 Å². The van der Waals surface area contributed by atoms with Gasteiger partial charge in [-0.2, -0.15) is 0 Å². The number of esters is 1. The SMILES string of the molecule is Cc1ccc(-c2cnc(CCC(=O)OCC(=O)Nc3cc(S(=O)(=O)N(C)C)ccc3C)o2)cc1. The normalized spacial score (nSPS) is 11.4. The number of anilines is 1. The predicted octanol–water partition coefficient (Wildman–Crippen LogP) is 3.32. The van der Waals surface area contributed by atoms with Gasteiger partial charge in [0.05, 0.1) is 17.5 Å². The molecule has 34 heavy (non-hydrogen) atoms. The van der Waals surface area contributed by atoms with Crippen molar-refractivity contribution in [2.24, 2.45) is 0 Å². The highest BCUT2D eigenvalue weighted by molar-refractivity contribution is 7.89. The third-order valence-electron chi connectivity index (χ3n) is 5.06. The van der Waals surface area contributed by atoms with Crippen LogP contribution in [0.15, 0.2) is 58.0 Å². The van der Waals surface area contributed by atoms with Crippen molar-refractivity contribution in [3.05, 3.63) is 65.7 Å². The lowest BCUT2D eigenvalue weighted by atomic mass is 10.1. The predicted molar refractivity (Wildman–Crippen MR) is 127 cm³/mol. The largest absolute Gasteiger partial charge is 0.456 e. The molecular weight excluding hydrogens is 458 g/mol. The molecule has 2 aromatic carbocycles. The summed E-state index contributed by atoms with van der Waals surface area (Å²) in [6.45, 7) is 3.23. The van der Waals surface area contributed by atoms with E-state index in [1.807, 2.05) is 31.2 Å². The number of aromatic nitrogens is 1. The smallest absolute Gasteiger partial charge is 0.306 e. The maximum Gasteiger partial charge on any atom is 0.306 e. The Kier molecular flexibility index (Phi) is 7.85. The summed E-state index contributed by atoms with van der Waals surface area (Å²) in [7, 11) is -0.797. The van der Waals surface area contributed by atoms with Gasteiger partial charge in [0, 0.05) is 31.8 Å². The molecule has 0 aliphatic carbocycles. The number of hydrogen-bond acceptors (Lipinski definition) is 7. The van der Waals surface area contributed by atoms with Crippen molar-refractivity contribution in [3.63, 3.8) is 0 Å². The van der Waals surface area contributed by atoms with Gasteiger partial charge in [0.1, 0.15) is 0 Å². The number of rotatable bonds is 9. The average Bonchev–Trinajstić information content (AvgIpc) is 3.27. The first-order valence-corrected chi connectivity index (χ1v) is 12.0. The molecule has 1 heterocycles. The molecule has 0 saturated heterocycles. The minimum Gasteiger partial charge on any atom is -0.456 e. The summed E-state index contributed by atoms with van der Waals surface area (Å²) in [5, 5.41) is 2.59. The Morgan fingerprint density at radius 3 is 2.47 bits per heavy atom. The number of benzene rings is 2. The number of ether oxygens (including phenoxy) is 1. The van der Waals surface area contributed by atoms with E-state index in [1.165, 1.54) is 26.2 Å². The molecule has 3 aromatic rings. The highest BCUT2D eigenvalue weighted by atomic mass is 32.2. The molecule has 0 fully saturated rings. The van der Waals surface area contributed by atoms with Gasteiger partial charge in [0.2, 0.25) is 10.0 Å². The van der Waals surface area contributed by atoms with Crippen LogP contribution in [0.1, 0.15) is 23.4 Å². The monoisotopic (exact) mass is 485 g/mol. The first-order chi connectivity index (χ1) is 16.1. The minimum absolute atomic E-state index is 0.00325. The molecule has 0 aliphatic rings. The Hall–Kier alpha value is -3.50. The highest BCUT2D eigenvalue weighted by Crippen LogP contribution is 2.23. The van der Waals surface area contributed by atoms with E-state index in [-0.39, 0.29) is 17.7 Å². The van der Waals surface area contributed by atoms with E-state index in [2.05, 4.69) is 10.3 Å². The number of carbonyl (C=O) groups excluding carboxylic acids is 2. The lowest BCUT2D eigenvalue weighted by Crippen LogP contribution is -2.23. The maximum atomic E-state index is 12.3. The summed E-state index contributed by atoms with van der Waals surface area (Å²) < 4.78 is 36.4. The molecule has 3 rings (SSSR count). The van der Waals surface area contributed by atoms with E-state index >= 15 is 0 Å². The molecule has 0 bridgehead atoms. The zero-order chi connectivity index (χ0) is 24.9. The van der Waals surface area contributed by atoms with Crippen LogP contribution in [-0.4, -0.2) is 50.3 Å². The minimum atomic E-state index is -3.65. The number of sulfonamides is 1. The number of aryl methyl sites for hydroxylation is 3. The molecule has 1 aromatic heterocycles. The Labute approximate surface area is 198 Å². The summed E-state index contributed by atoms with van der Waals surface area (Å²) >= 11 is 0. The quantitative estimate of drug-likeness (QED) is 0.462. The van der Waals surface area contributed by atoms with Crippen LogP contribution in [0.25, 0.3) is 11.3 Å². The van der Waals surface area contributed by atoms with Crippen molar-refractivity contribution in [1.29, 1.82) is 0 Å². The molecule has 1 amide bonds. The molecule has 9 nitrogen and oxygen atoms in total. The van der Waals surface area contributed by atoms with Crippen molar-refractivity contribution in [2.75, 3.05) is 26.0 Å². The van der Waals surface area contributed by atoms with Gasteiger partial charge in [-0.15, -0.1) is 0 Å². The van der Waals surface area contributed by atoms with Gasteiger partial charge in [-0.1, -0.05) is 35.9 Å². The Morgan fingerprint density at radius 1 is 1.09 bits per heavy atom. The van der Waals surface area contributed by atoms with Crippen molar-refractivity contribution in [3.8, 4) is 11.3 Å². The number of hydrogen-bond donors (Lipinski definition) is 1. The highest BCUT2D eigenvalue weighted by Gasteiger charge is 2.19. The average molecular weight is 486 g/mol. The van der Waals surface area contributed by atoms with Crippen molar-refractivity contribution in [1.82, 2.24) is 9.29 Å². The first-order valence-electron chi connectivity index (χ1n) is 10.6. The second-order valence-electron chi connectivity index (χ2n) is 7.96. The molecular formula is C24H27N3O6S. The van der Waals surface area contributed by atoms with Gasteiger partial charge >= 0.3 is 5.97 Å². The Bertz CT molecular complexity index is 1280. The molecule has 0 spiro atoms. The second-order valence-corrected chi connectivity index (χ2v) is 10.1. The van der Waals surface area contributed by atoms with E-state index in [4.69, 9.17) is 9.15 Å². The van der Waals surface area contributed by atoms with Crippen LogP contribution in [0.2, 0.25) is 0 Å². The maximum absolute atomic E-state index is 12.3. The third-order valence-corrected chi connectivity index (χ3v) is 6.87. The second kappa shape index (κ2) is 10.6. The van der Waals surface area contributed by atoms with E-state index in [0.29, 0.717) is 22.9 Å². The fraction of sp³-hybridized carbons (Fsp3) is 0.292. The molecule has 0 atom stereocenters. The standard InChI is InChI=1S/C24H27N3O6S/c1-16-5-8-18(9-6-16)21-14-25-23(33-21)11-12-24(29)32-15-22(28)26-20-13-19(10-7-17(20)2)34(30,31)27(3)4/h5-10,13-14H,11-12,15H2,1-4H3,(H,26,28). The molecule has 0 saturated carbocycles. The Balaban J connectivity index is 1.50. The fourth-order valence-electron chi connectivity index (χ4n) is 3.00. The van der Waals surface area contributed by atoms with Gasteiger partial charge in [-0.25, -0.2) is 17.7 Å². The van der Waals surface area contributed by atoms with Gasteiger partial charge < -0.3 is 14.5 Å². The summed E-state index contributed by atoms with van der Waals surface area (Å²) in [4.78, 5) is 28.5. The number of nitrogens with zero attached hydrogens (tertiary/aromatic N) is 2. The van der Waals surface area contributed by atoms with Crippen molar-refractivity contribution in [2.45, 2.75) is 31.6 Å². The first kappa shape index (κ1) is 25.1. The third kappa shape index (κ3) is 6.30. The van der Waals surface area contributed by atoms with Crippen molar-refractivity contribution >= 4 is 27.6 Å². The van der Waals surface area contributed by atoms with E-state index < -0.39 is 28.5 Å². The zero-order valence-corrected chi connectivity index (χ0v) is 20.3. The van der Waals surface area contributed by atoms with E-state index in [9.17, 15) is 18.0 Å². The summed E-state index contributed by atoms with van der Waals surface area (Å²) in [5.74, 6) is -0.150. The number of nitrogens with one attached hydrogen (secondary N) is 1. The van der Waals surface area contributed by atoms with Crippen LogP contribution < -0.4 is 5.32 Å². The number of oxazole rings is 1. The number of carbonyl (C=O) groups is 2. The van der Waals surface area contributed by atoms with Gasteiger partial charge in [-0.3, -0.25) is 9.59 Å². The van der Waals surface area contributed by atoms with Crippen LogP contribution in [0, 0.1) is 13.8 Å². The summed E-state index contributed by atoms with van der Waals surface area (Å²) in [6.07, 6.45) is 1.83. The van der Waals surface area contributed by atoms with Crippen LogP contribution in [0.4, 0.5) is 5.69 Å². The lowest BCUT2D eigenvalue weighted by Gasteiger charge is -2.14. The zero-order valence-electron chi connectivity index (χ0n) is 19.5. The topological polar surface area (TPSA) is 119 Å². The van der Waals surface area contributed by atoms with Gasteiger partial charge in [0.15, 0.2) is 18.3 Å².